The van der Waals surface area contributed by atoms with Crippen LogP contribution in [0.1, 0.15) is 12.0 Å². The predicted octanol–water partition coefficient (Wildman–Crippen LogP) is 1.43. The molecule has 5 heteroatoms. The Balaban J connectivity index is 1.85. The summed E-state index contributed by atoms with van der Waals surface area (Å²) in [5, 5.41) is 14.3. The van der Waals surface area contributed by atoms with Crippen LogP contribution in [0.3, 0.4) is 0 Å². The Hall–Kier alpha value is -1.46. The van der Waals surface area contributed by atoms with E-state index in [0.29, 0.717) is 12.5 Å². The monoisotopic (exact) mass is 249 g/mol. The second kappa shape index (κ2) is 5.93. The number of nitrogens with one attached hydrogen (secondary N) is 1. The van der Waals surface area contributed by atoms with Crippen molar-refractivity contribution in [2.45, 2.75) is 18.9 Å². The number of nitrogens with zero attached hydrogens (tertiary/aromatic N) is 2. The van der Waals surface area contributed by atoms with Gasteiger partial charge < -0.3 is 10.2 Å². The Morgan fingerprint density at radius 2 is 2.28 bits per heavy atom. The molecule has 0 spiro atoms. The maximum Gasteiger partial charge on any atom is 0.272 e. The van der Waals surface area contributed by atoms with Crippen LogP contribution in [-0.2, 0) is 6.42 Å². The quantitative estimate of drug-likeness (QED) is 0.633. The summed E-state index contributed by atoms with van der Waals surface area (Å²) in [4.78, 5) is 12.9. The number of likely N-dealkylation sites (N-methyl/N-ethyl adjacent to an activating group) is 1. The molecule has 98 valence electrons. The van der Waals surface area contributed by atoms with E-state index in [1.54, 1.807) is 12.1 Å². The molecule has 2 rings (SSSR count). The van der Waals surface area contributed by atoms with Gasteiger partial charge in [0.2, 0.25) is 0 Å². The molecule has 1 heterocycles. The third kappa shape index (κ3) is 3.27. The van der Waals surface area contributed by atoms with E-state index in [-0.39, 0.29) is 10.6 Å². The molecule has 1 N–H and O–H groups in total. The van der Waals surface area contributed by atoms with E-state index in [1.807, 2.05) is 12.1 Å². The van der Waals surface area contributed by atoms with Gasteiger partial charge in [0.15, 0.2) is 0 Å². The third-order valence-electron chi connectivity index (χ3n) is 3.41. The molecule has 1 aromatic rings. The summed E-state index contributed by atoms with van der Waals surface area (Å²) >= 11 is 0. The molecule has 1 fully saturated rings. The maximum absolute atomic E-state index is 10.9. The minimum Gasteiger partial charge on any atom is -0.312 e. The normalized spacial score (nSPS) is 20.2. The van der Waals surface area contributed by atoms with Crippen LogP contribution in [-0.4, -0.2) is 42.5 Å². The highest BCUT2D eigenvalue weighted by molar-refractivity contribution is 5.39. The lowest BCUT2D eigenvalue weighted by atomic mass is 10.1. The van der Waals surface area contributed by atoms with Gasteiger partial charge in [-0.1, -0.05) is 18.2 Å². The Labute approximate surface area is 107 Å². The Morgan fingerprint density at radius 1 is 1.50 bits per heavy atom. The third-order valence-corrected chi connectivity index (χ3v) is 3.41. The summed E-state index contributed by atoms with van der Waals surface area (Å²) < 4.78 is 0. The number of hydrogen-bond donors (Lipinski definition) is 1. The van der Waals surface area contributed by atoms with Gasteiger partial charge in [0.1, 0.15) is 0 Å². The highest BCUT2D eigenvalue weighted by Gasteiger charge is 2.19. The first kappa shape index (κ1) is 13.0. The van der Waals surface area contributed by atoms with E-state index in [2.05, 4.69) is 17.3 Å². The second-order valence-electron chi connectivity index (χ2n) is 4.84. The number of likely N-dealkylation sites (tertiary alicyclic amines) is 1. The average molecular weight is 249 g/mol. The van der Waals surface area contributed by atoms with Crippen LogP contribution in [0, 0.1) is 10.1 Å². The molecule has 0 aliphatic carbocycles. The summed E-state index contributed by atoms with van der Waals surface area (Å²) in [6.45, 7) is 2.99. The topological polar surface area (TPSA) is 58.4 Å². The van der Waals surface area contributed by atoms with Crippen LogP contribution < -0.4 is 5.32 Å². The maximum atomic E-state index is 10.9. The van der Waals surface area contributed by atoms with Gasteiger partial charge in [0, 0.05) is 24.2 Å². The van der Waals surface area contributed by atoms with E-state index < -0.39 is 0 Å². The van der Waals surface area contributed by atoms with Crippen molar-refractivity contribution in [1.82, 2.24) is 10.2 Å². The van der Waals surface area contributed by atoms with Crippen molar-refractivity contribution in [3.05, 3.63) is 39.9 Å². The van der Waals surface area contributed by atoms with Gasteiger partial charge in [0.25, 0.3) is 5.69 Å². The van der Waals surface area contributed by atoms with Crippen LogP contribution in [0.25, 0.3) is 0 Å². The molecule has 1 atom stereocenters. The lowest BCUT2D eigenvalue weighted by Gasteiger charge is -2.12. The minimum absolute atomic E-state index is 0.225. The molecule has 1 aromatic carbocycles. The zero-order valence-electron chi connectivity index (χ0n) is 10.6. The molecule has 1 aliphatic heterocycles. The highest BCUT2D eigenvalue weighted by atomic mass is 16.6. The molecule has 5 nitrogen and oxygen atoms in total. The van der Waals surface area contributed by atoms with Gasteiger partial charge in [-0.15, -0.1) is 0 Å². The molecule has 1 unspecified atom stereocenters. The van der Waals surface area contributed by atoms with Crippen LogP contribution in [0.5, 0.6) is 0 Å². The highest BCUT2D eigenvalue weighted by Crippen LogP contribution is 2.17. The fraction of sp³-hybridized carbons (Fsp3) is 0.538. The van der Waals surface area contributed by atoms with Gasteiger partial charge in [0.05, 0.1) is 4.92 Å². The predicted molar refractivity (Wildman–Crippen MR) is 70.7 cm³/mol. The summed E-state index contributed by atoms with van der Waals surface area (Å²) in [7, 11) is 2.11. The molecular formula is C13H19N3O2. The molecular weight excluding hydrogens is 230 g/mol. The first-order chi connectivity index (χ1) is 8.66. The summed E-state index contributed by atoms with van der Waals surface area (Å²) in [5.41, 5.74) is 1.03. The second-order valence-corrected chi connectivity index (χ2v) is 4.84. The molecule has 0 aromatic heterocycles. The van der Waals surface area contributed by atoms with Crippen LogP contribution in [0.2, 0.25) is 0 Å². The van der Waals surface area contributed by atoms with Crippen molar-refractivity contribution in [1.29, 1.82) is 0 Å². The fourth-order valence-corrected chi connectivity index (χ4v) is 2.41. The van der Waals surface area contributed by atoms with Gasteiger partial charge >= 0.3 is 0 Å². The summed E-state index contributed by atoms with van der Waals surface area (Å²) in [6.07, 6.45) is 1.87. The number of benzene rings is 1. The number of para-hydroxylation sites is 1. The van der Waals surface area contributed by atoms with Crippen molar-refractivity contribution in [2.24, 2.45) is 0 Å². The summed E-state index contributed by atoms with van der Waals surface area (Å²) in [6, 6.07) is 7.49. The van der Waals surface area contributed by atoms with Crippen molar-refractivity contribution in [2.75, 3.05) is 26.7 Å². The zero-order valence-corrected chi connectivity index (χ0v) is 10.6. The Morgan fingerprint density at radius 3 is 2.94 bits per heavy atom. The fourth-order valence-electron chi connectivity index (χ4n) is 2.41. The van der Waals surface area contributed by atoms with Gasteiger partial charge in [-0.25, -0.2) is 0 Å². The number of rotatable bonds is 5. The van der Waals surface area contributed by atoms with Gasteiger partial charge in [-0.05, 0) is 33.0 Å². The van der Waals surface area contributed by atoms with E-state index in [0.717, 1.165) is 31.6 Å². The first-order valence-corrected chi connectivity index (χ1v) is 6.31. The largest absolute Gasteiger partial charge is 0.312 e. The molecule has 0 amide bonds. The average Bonchev–Trinajstić information content (AvgIpc) is 2.75. The molecule has 18 heavy (non-hydrogen) atoms. The molecule has 0 radical (unpaired) electrons. The Bertz CT molecular complexity index is 422. The molecule has 1 saturated heterocycles. The van der Waals surface area contributed by atoms with Gasteiger partial charge in [-0.2, -0.15) is 0 Å². The van der Waals surface area contributed by atoms with Crippen LogP contribution >= 0.6 is 0 Å². The lowest BCUT2D eigenvalue weighted by molar-refractivity contribution is -0.385. The molecule has 0 bridgehead atoms. The minimum atomic E-state index is -0.307. The van der Waals surface area contributed by atoms with E-state index in [9.17, 15) is 10.1 Å². The SMILES string of the molecule is CN1CCC(NCCc2ccccc2[N+](=O)[O-])C1. The lowest BCUT2D eigenvalue weighted by Crippen LogP contribution is -2.33. The number of nitro benzene ring substituents is 1. The molecule has 1 aliphatic rings. The number of nitro groups is 1. The smallest absolute Gasteiger partial charge is 0.272 e. The van der Waals surface area contributed by atoms with Crippen molar-refractivity contribution >= 4 is 5.69 Å². The van der Waals surface area contributed by atoms with Crippen LogP contribution in [0.15, 0.2) is 24.3 Å². The standard InChI is InChI=1S/C13H19N3O2/c1-15-9-7-12(10-15)14-8-6-11-4-2-3-5-13(11)16(17)18/h2-5,12,14H,6-10H2,1H3. The molecule has 0 saturated carbocycles. The van der Waals surface area contributed by atoms with Crippen molar-refractivity contribution < 1.29 is 4.92 Å². The zero-order chi connectivity index (χ0) is 13.0. The summed E-state index contributed by atoms with van der Waals surface area (Å²) in [5.74, 6) is 0. The van der Waals surface area contributed by atoms with E-state index >= 15 is 0 Å². The Kier molecular flexibility index (Phi) is 4.28. The van der Waals surface area contributed by atoms with E-state index in [4.69, 9.17) is 0 Å². The first-order valence-electron chi connectivity index (χ1n) is 6.31. The van der Waals surface area contributed by atoms with E-state index in [1.165, 1.54) is 0 Å². The van der Waals surface area contributed by atoms with Crippen LogP contribution in [0.4, 0.5) is 5.69 Å². The van der Waals surface area contributed by atoms with Crippen molar-refractivity contribution in [3.8, 4) is 0 Å². The van der Waals surface area contributed by atoms with Crippen molar-refractivity contribution in [3.63, 3.8) is 0 Å². The number of hydrogen-bond acceptors (Lipinski definition) is 4. The van der Waals surface area contributed by atoms with Gasteiger partial charge in [-0.3, -0.25) is 10.1 Å².